The summed E-state index contributed by atoms with van der Waals surface area (Å²) in [5.74, 6) is -0.0622. The summed E-state index contributed by atoms with van der Waals surface area (Å²) in [5, 5.41) is 0.405. The first-order valence-corrected chi connectivity index (χ1v) is 7.72. The molecule has 1 aromatic carbocycles. The molecule has 1 saturated carbocycles. The van der Waals surface area contributed by atoms with E-state index in [-0.39, 0.29) is 17.1 Å². The smallest absolute Gasteiger partial charge is 0.229 e. The fraction of sp³-hybridized carbons (Fsp3) is 0.562. The molecule has 4 heteroatoms. The van der Waals surface area contributed by atoms with Gasteiger partial charge in [-0.1, -0.05) is 36.9 Å². The zero-order chi connectivity index (χ0) is 14.2. The summed E-state index contributed by atoms with van der Waals surface area (Å²) in [4.78, 5) is 14.6. The molecule has 0 unspecified atom stereocenters. The maximum absolute atomic E-state index is 13.1. The Bertz CT molecular complexity index is 525. The van der Waals surface area contributed by atoms with Gasteiger partial charge in [-0.2, -0.15) is 0 Å². The van der Waals surface area contributed by atoms with Gasteiger partial charge in [0.2, 0.25) is 5.91 Å². The second kappa shape index (κ2) is 5.36. The van der Waals surface area contributed by atoms with E-state index in [0.717, 1.165) is 44.2 Å². The third-order valence-corrected chi connectivity index (χ3v) is 5.14. The van der Waals surface area contributed by atoms with Crippen molar-refractivity contribution in [1.82, 2.24) is 4.90 Å². The number of hydrogen-bond acceptors (Lipinski definition) is 1. The van der Waals surface area contributed by atoms with Crippen LogP contribution in [0.15, 0.2) is 18.2 Å². The molecule has 2 fully saturated rings. The van der Waals surface area contributed by atoms with E-state index in [1.54, 1.807) is 6.07 Å². The minimum Gasteiger partial charge on any atom is -0.338 e. The van der Waals surface area contributed by atoms with Crippen LogP contribution >= 0.6 is 11.6 Å². The average molecular weight is 296 g/mol. The molecule has 2 aliphatic rings. The van der Waals surface area contributed by atoms with Crippen LogP contribution in [-0.2, 0) is 11.3 Å². The number of amides is 1. The first-order valence-electron chi connectivity index (χ1n) is 7.34. The Morgan fingerprint density at radius 3 is 2.65 bits per heavy atom. The lowest BCUT2D eigenvalue weighted by atomic mass is 9.73. The lowest BCUT2D eigenvalue weighted by Gasteiger charge is -2.31. The van der Waals surface area contributed by atoms with E-state index in [1.165, 1.54) is 18.6 Å². The number of hydrogen-bond donors (Lipinski definition) is 0. The molecule has 0 atom stereocenters. The van der Waals surface area contributed by atoms with Crippen LogP contribution < -0.4 is 0 Å². The number of benzene rings is 1. The molecule has 1 amide bonds. The fourth-order valence-corrected chi connectivity index (χ4v) is 3.82. The normalized spacial score (nSPS) is 21.7. The van der Waals surface area contributed by atoms with E-state index in [4.69, 9.17) is 11.6 Å². The van der Waals surface area contributed by atoms with Crippen LogP contribution in [-0.4, -0.2) is 17.4 Å². The Morgan fingerprint density at radius 1 is 1.20 bits per heavy atom. The van der Waals surface area contributed by atoms with Crippen molar-refractivity contribution in [3.05, 3.63) is 34.6 Å². The maximum atomic E-state index is 13.1. The third kappa shape index (κ3) is 2.44. The molecule has 0 N–H and O–H groups in total. The van der Waals surface area contributed by atoms with Crippen molar-refractivity contribution in [1.29, 1.82) is 0 Å². The molecule has 0 radical (unpaired) electrons. The SMILES string of the molecule is O=C1N(Cc2ccc(F)cc2Cl)CCC12CCCCC2. The summed E-state index contributed by atoms with van der Waals surface area (Å²) in [7, 11) is 0. The van der Waals surface area contributed by atoms with Crippen LogP contribution in [0.4, 0.5) is 4.39 Å². The van der Waals surface area contributed by atoms with Gasteiger partial charge in [-0.15, -0.1) is 0 Å². The summed E-state index contributed by atoms with van der Waals surface area (Å²) in [6, 6.07) is 4.39. The van der Waals surface area contributed by atoms with E-state index in [2.05, 4.69) is 0 Å². The summed E-state index contributed by atoms with van der Waals surface area (Å²) in [6.07, 6.45) is 6.59. The molecule has 1 aliphatic carbocycles. The Hall–Kier alpha value is -1.09. The van der Waals surface area contributed by atoms with Crippen LogP contribution in [0.2, 0.25) is 5.02 Å². The monoisotopic (exact) mass is 295 g/mol. The molecule has 108 valence electrons. The van der Waals surface area contributed by atoms with Crippen LogP contribution in [0, 0.1) is 11.2 Å². The molecule has 0 bridgehead atoms. The van der Waals surface area contributed by atoms with Gasteiger partial charge in [0, 0.05) is 18.1 Å². The Labute approximate surface area is 123 Å². The molecule has 1 aliphatic heterocycles. The van der Waals surface area contributed by atoms with Crippen LogP contribution in [0.1, 0.15) is 44.1 Å². The fourth-order valence-electron chi connectivity index (χ4n) is 3.59. The average Bonchev–Trinajstić information content (AvgIpc) is 2.72. The zero-order valence-corrected chi connectivity index (χ0v) is 12.3. The van der Waals surface area contributed by atoms with E-state index in [0.29, 0.717) is 11.6 Å². The number of nitrogens with zero attached hydrogens (tertiary/aromatic N) is 1. The quantitative estimate of drug-likeness (QED) is 0.802. The van der Waals surface area contributed by atoms with Gasteiger partial charge in [-0.3, -0.25) is 4.79 Å². The minimum absolute atomic E-state index is 0.106. The largest absolute Gasteiger partial charge is 0.338 e. The lowest BCUT2D eigenvalue weighted by Crippen LogP contribution is -2.35. The van der Waals surface area contributed by atoms with Crippen molar-refractivity contribution < 1.29 is 9.18 Å². The lowest BCUT2D eigenvalue weighted by molar-refractivity contribution is -0.138. The Kier molecular flexibility index (Phi) is 3.72. The van der Waals surface area contributed by atoms with Gasteiger partial charge in [-0.05, 0) is 37.0 Å². The number of likely N-dealkylation sites (tertiary alicyclic amines) is 1. The van der Waals surface area contributed by atoms with Crippen molar-refractivity contribution in [2.45, 2.75) is 45.1 Å². The van der Waals surface area contributed by atoms with Gasteiger partial charge in [0.15, 0.2) is 0 Å². The van der Waals surface area contributed by atoms with Crippen LogP contribution in [0.5, 0.6) is 0 Å². The molecular formula is C16H19ClFNO. The summed E-state index contributed by atoms with van der Waals surface area (Å²) < 4.78 is 13.1. The molecule has 1 heterocycles. The van der Waals surface area contributed by atoms with Gasteiger partial charge < -0.3 is 4.90 Å². The molecule has 1 aromatic rings. The van der Waals surface area contributed by atoms with Crippen molar-refractivity contribution in [2.24, 2.45) is 5.41 Å². The molecule has 0 aromatic heterocycles. The second-order valence-electron chi connectivity index (χ2n) is 6.05. The summed E-state index contributed by atoms with van der Waals surface area (Å²) >= 11 is 6.05. The van der Waals surface area contributed by atoms with Gasteiger partial charge in [0.05, 0.1) is 5.41 Å². The van der Waals surface area contributed by atoms with Gasteiger partial charge >= 0.3 is 0 Å². The minimum atomic E-state index is -0.338. The number of carbonyl (C=O) groups is 1. The van der Waals surface area contributed by atoms with E-state index in [9.17, 15) is 9.18 Å². The predicted octanol–water partition coefficient (Wildman–Crippen LogP) is 4.16. The van der Waals surface area contributed by atoms with Crippen molar-refractivity contribution >= 4 is 17.5 Å². The highest BCUT2D eigenvalue weighted by atomic mass is 35.5. The van der Waals surface area contributed by atoms with Gasteiger partial charge in [-0.25, -0.2) is 4.39 Å². The molecule has 1 spiro atoms. The predicted molar refractivity (Wildman–Crippen MR) is 77.0 cm³/mol. The highest BCUT2D eigenvalue weighted by Gasteiger charge is 2.46. The first kappa shape index (κ1) is 13.9. The summed E-state index contributed by atoms with van der Waals surface area (Å²) in [6.45, 7) is 1.30. The number of rotatable bonds is 2. The van der Waals surface area contributed by atoms with Gasteiger partial charge in [0.1, 0.15) is 5.82 Å². The summed E-state index contributed by atoms with van der Waals surface area (Å²) in [5.41, 5.74) is 0.722. The van der Waals surface area contributed by atoms with Gasteiger partial charge in [0.25, 0.3) is 0 Å². The molecule has 1 saturated heterocycles. The highest BCUT2D eigenvalue weighted by molar-refractivity contribution is 6.31. The second-order valence-corrected chi connectivity index (χ2v) is 6.46. The van der Waals surface area contributed by atoms with Crippen LogP contribution in [0.25, 0.3) is 0 Å². The Morgan fingerprint density at radius 2 is 1.95 bits per heavy atom. The zero-order valence-electron chi connectivity index (χ0n) is 11.5. The van der Waals surface area contributed by atoms with Crippen LogP contribution in [0.3, 0.4) is 0 Å². The number of carbonyl (C=O) groups excluding carboxylic acids is 1. The maximum Gasteiger partial charge on any atom is 0.229 e. The molecule has 3 rings (SSSR count). The van der Waals surface area contributed by atoms with Crippen molar-refractivity contribution in [3.8, 4) is 0 Å². The number of halogens is 2. The topological polar surface area (TPSA) is 20.3 Å². The Balaban J connectivity index is 1.74. The van der Waals surface area contributed by atoms with E-state index >= 15 is 0 Å². The molecule has 20 heavy (non-hydrogen) atoms. The third-order valence-electron chi connectivity index (χ3n) is 4.79. The van der Waals surface area contributed by atoms with Crippen molar-refractivity contribution in [3.63, 3.8) is 0 Å². The van der Waals surface area contributed by atoms with E-state index < -0.39 is 0 Å². The van der Waals surface area contributed by atoms with Crippen molar-refractivity contribution in [2.75, 3.05) is 6.54 Å². The first-order chi connectivity index (χ1) is 9.61. The standard InChI is InChI=1S/C16H19ClFNO/c17-14-10-13(18)5-4-12(14)11-19-9-8-16(15(19)20)6-2-1-3-7-16/h4-5,10H,1-3,6-9,11H2. The van der Waals surface area contributed by atoms with E-state index in [1.807, 2.05) is 4.90 Å². The molecule has 2 nitrogen and oxygen atoms in total. The molecular weight excluding hydrogens is 277 g/mol. The highest BCUT2D eigenvalue weighted by Crippen LogP contribution is 2.45.